The van der Waals surface area contributed by atoms with E-state index >= 15 is 0 Å². The van der Waals surface area contributed by atoms with E-state index in [-0.39, 0.29) is 30.9 Å². The summed E-state index contributed by atoms with van der Waals surface area (Å²) >= 11 is 0. The summed E-state index contributed by atoms with van der Waals surface area (Å²) in [4.78, 5) is 15.7. The third kappa shape index (κ3) is 5.52. The fourth-order valence-electron chi connectivity index (χ4n) is 3.75. The molecule has 0 aliphatic carbocycles. The van der Waals surface area contributed by atoms with Gasteiger partial charge in [0.15, 0.2) is 0 Å². The lowest BCUT2D eigenvalue weighted by atomic mass is 10.1. The van der Waals surface area contributed by atoms with Crippen molar-refractivity contribution in [3.63, 3.8) is 0 Å². The van der Waals surface area contributed by atoms with E-state index < -0.39 is 0 Å². The normalized spacial score (nSPS) is 18.0. The number of anilines is 1. The number of ether oxygens (including phenoxy) is 1. The molecule has 0 aromatic carbocycles. The first-order valence-electron chi connectivity index (χ1n) is 9.41. The van der Waals surface area contributed by atoms with Crippen LogP contribution in [0, 0.1) is 0 Å². The monoisotopic (exact) mass is 426 g/mol. The molecule has 2 aromatic rings. The SMILES string of the molecule is Cl.Cl.c1cc(C(CNc2ncnc3c2CCNCC3)N2CCOCC2)ccn1. The Morgan fingerprint density at radius 3 is 2.61 bits per heavy atom. The van der Waals surface area contributed by atoms with Crippen molar-refractivity contribution in [1.29, 1.82) is 0 Å². The Balaban J connectivity index is 0.00000140. The number of morpholine rings is 1. The van der Waals surface area contributed by atoms with Crippen LogP contribution in [0.3, 0.4) is 0 Å². The van der Waals surface area contributed by atoms with Gasteiger partial charge in [0, 0.05) is 50.6 Å². The lowest BCUT2D eigenvalue weighted by molar-refractivity contribution is 0.0187. The van der Waals surface area contributed by atoms with Crippen LogP contribution in [-0.2, 0) is 17.6 Å². The van der Waals surface area contributed by atoms with Crippen LogP contribution in [0.15, 0.2) is 30.9 Å². The second kappa shape index (κ2) is 11.5. The van der Waals surface area contributed by atoms with Gasteiger partial charge in [0.2, 0.25) is 0 Å². The average molecular weight is 427 g/mol. The maximum atomic E-state index is 5.53. The number of aromatic nitrogens is 3. The fourth-order valence-corrected chi connectivity index (χ4v) is 3.75. The molecule has 0 bridgehead atoms. The molecule has 0 radical (unpaired) electrons. The molecule has 0 spiro atoms. The van der Waals surface area contributed by atoms with Crippen LogP contribution in [0.4, 0.5) is 5.82 Å². The van der Waals surface area contributed by atoms with Crippen LogP contribution >= 0.6 is 24.8 Å². The van der Waals surface area contributed by atoms with Crippen molar-refractivity contribution in [2.75, 3.05) is 51.3 Å². The Kier molecular flexibility index (Phi) is 9.34. The highest BCUT2D eigenvalue weighted by Gasteiger charge is 2.23. The van der Waals surface area contributed by atoms with Gasteiger partial charge >= 0.3 is 0 Å². The molecule has 2 N–H and O–H groups in total. The Bertz CT molecular complexity index is 715. The van der Waals surface area contributed by atoms with Crippen molar-refractivity contribution < 1.29 is 4.74 Å². The maximum Gasteiger partial charge on any atom is 0.132 e. The number of fused-ring (bicyclic) bond motifs is 1. The number of halogens is 2. The van der Waals surface area contributed by atoms with Gasteiger partial charge in [-0.3, -0.25) is 9.88 Å². The van der Waals surface area contributed by atoms with Crippen molar-refractivity contribution in [2.24, 2.45) is 0 Å². The third-order valence-electron chi connectivity index (χ3n) is 5.17. The largest absolute Gasteiger partial charge is 0.379 e. The molecular weight excluding hydrogens is 399 g/mol. The molecular formula is C19H28Cl2N6O. The van der Waals surface area contributed by atoms with E-state index in [0.717, 1.165) is 64.6 Å². The summed E-state index contributed by atoms with van der Waals surface area (Å²) in [6, 6.07) is 4.48. The summed E-state index contributed by atoms with van der Waals surface area (Å²) in [5, 5.41) is 7.05. The van der Waals surface area contributed by atoms with E-state index in [1.807, 2.05) is 12.4 Å². The van der Waals surface area contributed by atoms with Gasteiger partial charge in [-0.25, -0.2) is 9.97 Å². The van der Waals surface area contributed by atoms with Crippen molar-refractivity contribution in [3.8, 4) is 0 Å². The molecule has 28 heavy (non-hydrogen) atoms. The number of hydrogen-bond acceptors (Lipinski definition) is 7. The highest BCUT2D eigenvalue weighted by Crippen LogP contribution is 2.24. The van der Waals surface area contributed by atoms with E-state index in [2.05, 4.69) is 42.6 Å². The van der Waals surface area contributed by atoms with Gasteiger partial charge in [-0.1, -0.05) is 0 Å². The van der Waals surface area contributed by atoms with Gasteiger partial charge < -0.3 is 15.4 Å². The first-order chi connectivity index (χ1) is 12.9. The van der Waals surface area contributed by atoms with Gasteiger partial charge in [0.05, 0.1) is 24.9 Å². The highest BCUT2D eigenvalue weighted by molar-refractivity contribution is 5.85. The number of nitrogens with zero attached hydrogens (tertiary/aromatic N) is 4. The van der Waals surface area contributed by atoms with E-state index in [1.54, 1.807) is 6.33 Å². The first kappa shape index (κ1) is 22.8. The van der Waals surface area contributed by atoms with Crippen LogP contribution in [-0.4, -0.2) is 65.8 Å². The quantitative estimate of drug-likeness (QED) is 0.755. The lowest BCUT2D eigenvalue weighted by Gasteiger charge is -2.35. The van der Waals surface area contributed by atoms with Crippen LogP contribution in [0.25, 0.3) is 0 Å². The average Bonchev–Trinajstić information content (AvgIpc) is 2.96. The summed E-state index contributed by atoms with van der Waals surface area (Å²) in [6.07, 6.45) is 7.35. The van der Waals surface area contributed by atoms with Crippen molar-refractivity contribution >= 4 is 30.6 Å². The molecule has 4 heterocycles. The molecule has 2 aromatic heterocycles. The Morgan fingerprint density at radius 1 is 1.07 bits per heavy atom. The first-order valence-corrected chi connectivity index (χ1v) is 9.41. The van der Waals surface area contributed by atoms with Crippen LogP contribution in [0.2, 0.25) is 0 Å². The van der Waals surface area contributed by atoms with Gasteiger partial charge in [-0.2, -0.15) is 0 Å². The van der Waals surface area contributed by atoms with Gasteiger partial charge in [-0.15, -0.1) is 24.8 Å². The van der Waals surface area contributed by atoms with Gasteiger partial charge in [-0.05, 0) is 30.7 Å². The summed E-state index contributed by atoms with van der Waals surface area (Å²) in [5.74, 6) is 0.978. The number of nitrogens with one attached hydrogen (secondary N) is 2. The van der Waals surface area contributed by atoms with Gasteiger partial charge in [0.1, 0.15) is 12.1 Å². The predicted molar refractivity (Wildman–Crippen MR) is 115 cm³/mol. The van der Waals surface area contributed by atoms with Crippen LogP contribution in [0.5, 0.6) is 0 Å². The summed E-state index contributed by atoms with van der Waals surface area (Å²) in [6.45, 7) is 6.23. The van der Waals surface area contributed by atoms with Crippen molar-refractivity contribution in [3.05, 3.63) is 47.7 Å². The predicted octanol–water partition coefficient (Wildman–Crippen LogP) is 1.89. The van der Waals surface area contributed by atoms with E-state index in [0.29, 0.717) is 0 Å². The van der Waals surface area contributed by atoms with E-state index in [9.17, 15) is 0 Å². The zero-order valence-electron chi connectivity index (χ0n) is 15.8. The Morgan fingerprint density at radius 2 is 1.82 bits per heavy atom. The third-order valence-corrected chi connectivity index (χ3v) is 5.17. The van der Waals surface area contributed by atoms with E-state index in [1.165, 1.54) is 16.8 Å². The molecule has 7 nitrogen and oxygen atoms in total. The standard InChI is InChI=1S/C19H26N6O.2ClH/c1-5-20-6-2-15(1)18(25-9-11-26-12-10-25)13-22-19-16-3-7-21-8-4-17(16)23-14-24-19;;/h1-2,5-6,14,18,21H,3-4,7-13H2,(H,22,23,24);2*1H. The minimum absolute atomic E-state index is 0. The summed E-state index contributed by atoms with van der Waals surface area (Å²) in [5.41, 5.74) is 3.70. The second-order valence-corrected chi connectivity index (χ2v) is 6.72. The molecule has 0 saturated carbocycles. The van der Waals surface area contributed by atoms with Crippen LogP contribution < -0.4 is 10.6 Å². The molecule has 1 saturated heterocycles. The molecule has 2 aliphatic heterocycles. The van der Waals surface area contributed by atoms with Crippen molar-refractivity contribution in [1.82, 2.24) is 25.2 Å². The van der Waals surface area contributed by atoms with Gasteiger partial charge in [0.25, 0.3) is 0 Å². The Labute approximate surface area is 178 Å². The van der Waals surface area contributed by atoms with Crippen LogP contribution in [0.1, 0.15) is 22.9 Å². The molecule has 154 valence electrons. The molecule has 1 atom stereocenters. The number of hydrogen-bond donors (Lipinski definition) is 2. The number of rotatable bonds is 5. The molecule has 1 fully saturated rings. The fraction of sp³-hybridized carbons (Fsp3) is 0.526. The second-order valence-electron chi connectivity index (χ2n) is 6.72. The smallest absolute Gasteiger partial charge is 0.132 e. The minimum atomic E-state index is 0. The summed E-state index contributed by atoms with van der Waals surface area (Å²) in [7, 11) is 0. The zero-order chi connectivity index (χ0) is 17.6. The maximum absolute atomic E-state index is 5.53. The molecule has 4 rings (SSSR count). The Hall–Kier alpha value is -1.51. The van der Waals surface area contributed by atoms with E-state index in [4.69, 9.17) is 4.74 Å². The molecule has 2 aliphatic rings. The zero-order valence-corrected chi connectivity index (χ0v) is 17.5. The van der Waals surface area contributed by atoms with Crippen molar-refractivity contribution in [2.45, 2.75) is 18.9 Å². The highest BCUT2D eigenvalue weighted by atomic mass is 35.5. The summed E-state index contributed by atoms with van der Waals surface area (Å²) < 4.78 is 5.53. The molecule has 0 amide bonds. The minimum Gasteiger partial charge on any atom is -0.379 e. The lowest BCUT2D eigenvalue weighted by Crippen LogP contribution is -2.41. The topological polar surface area (TPSA) is 75.2 Å². The molecule has 9 heteroatoms. The number of pyridine rings is 1. The molecule has 1 unspecified atom stereocenters.